The first-order chi connectivity index (χ1) is 10.5. The van der Waals surface area contributed by atoms with Crippen molar-refractivity contribution in [3.63, 3.8) is 0 Å². The van der Waals surface area contributed by atoms with Gasteiger partial charge in [0.05, 0.1) is 5.56 Å². The third kappa shape index (κ3) is 4.61. The number of unbranched alkanes of at least 4 members (excludes halogenated alkanes) is 1. The van der Waals surface area contributed by atoms with E-state index >= 15 is 0 Å². The van der Waals surface area contributed by atoms with E-state index in [-0.39, 0.29) is 0 Å². The molecule has 118 valence electrons. The first-order valence-corrected chi connectivity index (χ1v) is 7.00. The molecule has 2 aromatic rings. The van der Waals surface area contributed by atoms with Gasteiger partial charge in [-0.25, -0.2) is 4.98 Å². The molecule has 0 radical (unpaired) electrons. The highest BCUT2D eigenvalue weighted by Crippen LogP contribution is 2.31. The molecule has 0 aliphatic heterocycles. The Hall–Kier alpha value is -2.31. The van der Waals surface area contributed by atoms with Gasteiger partial charge in [0.1, 0.15) is 5.82 Å². The molecule has 0 amide bonds. The van der Waals surface area contributed by atoms with Crippen LogP contribution in [0, 0.1) is 0 Å². The van der Waals surface area contributed by atoms with Gasteiger partial charge in [0.15, 0.2) is 0 Å². The van der Waals surface area contributed by atoms with Crippen LogP contribution < -0.4 is 10.6 Å². The van der Waals surface area contributed by atoms with E-state index in [1.807, 2.05) is 0 Å². The number of nitrogens with zero attached hydrogens (tertiary/aromatic N) is 2. The molecule has 0 spiro atoms. The van der Waals surface area contributed by atoms with Crippen molar-refractivity contribution < 1.29 is 13.2 Å². The average Bonchev–Trinajstić information content (AvgIpc) is 2.47. The molecule has 1 aromatic carbocycles. The van der Waals surface area contributed by atoms with E-state index in [2.05, 4.69) is 27.5 Å². The maximum Gasteiger partial charge on any atom is 0.416 e. The Morgan fingerprint density at radius 3 is 2.73 bits per heavy atom. The summed E-state index contributed by atoms with van der Waals surface area (Å²) < 4.78 is 38.0. The van der Waals surface area contributed by atoms with Crippen molar-refractivity contribution in [1.29, 1.82) is 0 Å². The summed E-state index contributed by atoms with van der Waals surface area (Å²) in [6.07, 6.45) is -0.767. The van der Waals surface area contributed by atoms with Crippen LogP contribution >= 0.6 is 0 Å². The summed E-state index contributed by atoms with van der Waals surface area (Å²) in [5.74, 6) is 0.888. The SMILES string of the molecule is CCCCNc1nccc(Nc2cccc(C(F)(F)F)c2)n1. The zero-order valence-electron chi connectivity index (χ0n) is 12.1. The Bertz CT molecular complexity index is 614. The summed E-state index contributed by atoms with van der Waals surface area (Å²) in [5.41, 5.74) is -0.374. The van der Waals surface area contributed by atoms with Crippen LogP contribution in [0.2, 0.25) is 0 Å². The zero-order valence-corrected chi connectivity index (χ0v) is 12.1. The number of rotatable bonds is 6. The van der Waals surface area contributed by atoms with Gasteiger partial charge in [0.25, 0.3) is 0 Å². The predicted octanol–water partition coefficient (Wildman–Crippen LogP) is 4.45. The summed E-state index contributed by atoms with van der Waals surface area (Å²) in [6, 6.07) is 6.59. The number of hydrogen-bond acceptors (Lipinski definition) is 4. The van der Waals surface area contributed by atoms with Crippen LogP contribution in [-0.2, 0) is 6.18 Å². The van der Waals surface area contributed by atoms with E-state index in [9.17, 15) is 13.2 Å². The zero-order chi connectivity index (χ0) is 16.0. The summed E-state index contributed by atoms with van der Waals surface area (Å²) in [4.78, 5) is 8.28. The van der Waals surface area contributed by atoms with Gasteiger partial charge in [-0.3, -0.25) is 0 Å². The Balaban J connectivity index is 2.09. The minimum absolute atomic E-state index is 0.327. The first kappa shape index (κ1) is 16.1. The number of halogens is 3. The summed E-state index contributed by atoms with van der Waals surface area (Å²) in [6.45, 7) is 2.83. The molecule has 2 rings (SSSR count). The minimum Gasteiger partial charge on any atom is -0.354 e. The molecule has 0 saturated carbocycles. The minimum atomic E-state index is -4.36. The van der Waals surface area contributed by atoms with E-state index in [1.165, 1.54) is 6.07 Å². The van der Waals surface area contributed by atoms with E-state index in [0.29, 0.717) is 17.5 Å². The molecular weight excluding hydrogens is 293 g/mol. The van der Waals surface area contributed by atoms with Crippen molar-refractivity contribution >= 4 is 17.5 Å². The quantitative estimate of drug-likeness (QED) is 0.774. The van der Waals surface area contributed by atoms with E-state index in [0.717, 1.165) is 31.5 Å². The molecule has 1 aromatic heterocycles. The van der Waals surface area contributed by atoms with Crippen molar-refractivity contribution in [3.05, 3.63) is 42.1 Å². The highest BCUT2D eigenvalue weighted by atomic mass is 19.4. The van der Waals surface area contributed by atoms with Crippen LogP contribution in [0.3, 0.4) is 0 Å². The van der Waals surface area contributed by atoms with Crippen LogP contribution in [0.15, 0.2) is 36.5 Å². The third-order valence-corrected chi connectivity index (χ3v) is 2.93. The lowest BCUT2D eigenvalue weighted by atomic mass is 10.2. The van der Waals surface area contributed by atoms with Crippen LogP contribution in [-0.4, -0.2) is 16.5 Å². The van der Waals surface area contributed by atoms with Crippen LogP contribution in [0.4, 0.5) is 30.6 Å². The molecule has 0 saturated heterocycles. The molecule has 0 aliphatic rings. The molecule has 4 nitrogen and oxygen atoms in total. The van der Waals surface area contributed by atoms with Crippen molar-refractivity contribution in [2.45, 2.75) is 25.9 Å². The largest absolute Gasteiger partial charge is 0.416 e. The standard InChI is InChI=1S/C15H17F3N4/c1-2-3-8-19-14-20-9-7-13(22-14)21-12-6-4-5-11(10-12)15(16,17)18/h4-7,9-10H,2-3,8H2,1H3,(H2,19,20,21,22). The maximum atomic E-state index is 12.7. The summed E-state index contributed by atoms with van der Waals surface area (Å²) in [7, 11) is 0. The number of anilines is 3. The van der Waals surface area contributed by atoms with Crippen molar-refractivity contribution in [2.75, 3.05) is 17.2 Å². The number of nitrogens with one attached hydrogen (secondary N) is 2. The van der Waals surface area contributed by atoms with E-state index in [1.54, 1.807) is 18.3 Å². The number of hydrogen-bond donors (Lipinski definition) is 2. The van der Waals surface area contributed by atoms with E-state index < -0.39 is 11.7 Å². The van der Waals surface area contributed by atoms with Gasteiger partial charge in [-0.15, -0.1) is 0 Å². The van der Waals surface area contributed by atoms with Gasteiger partial charge in [0, 0.05) is 18.4 Å². The number of aromatic nitrogens is 2. The molecule has 7 heteroatoms. The molecule has 22 heavy (non-hydrogen) atoms. The fourth-order valence-corrected chi connectivity index (χ4v) is 1.81. The molecule has 0 bridgehead atoms. The lowest BCUT2D eigenvalue weighted by molar-refractivity contribution is -0.137. The molecular formula is C15H17F3N4. The van der Waals surface area contributed by atoms with Gasteiger partial charge in [0.2, 0.25) is 5.95 Å². The molecule has 0 unspecified atom stereocenters. The Morgan fingerprint density at radius 1 is 1.18 bits per heavy atom. The number of alkyl halides is 3. The van der Waals surface area contributed by atoms with Crippen molar-refractivity contribution in [2.24, 2.45) is 0 Å². The smallest absolute Gasteiger partial charge is 0.354 e. The summed E-state index contributed by atoms with van der Waals surface area (Å²) >= 11 is 0. The second-order valence-electron chi connectivity index (χ2n) is 4.75. The Morgan fingerprint density at radius 2 is 2.00 bits per heavy atom. The lowest BCUT2D eigenvalue weighted by Crippen LogP contribution is -2.07. The molecule has 2 N–H and O–H groups in total. The monoisotopic (exact) mass is 310 g/mol. The Labute approximate surface area is 126 Å². The highest BCUT2D eigenvalue weighted by Gasteiger charge is 2.30. The van der Waals surface area contributed by atoms with Gasteiger partial charge >= 0.3 is 6.18 Å². The number of benzene rings is 1. The van der Waals surface area contributed by atoms with Crippen LogP contribution in [0.1, 0.15) is 25.3 Å². The third-order valence-electron chi connectivity index (χ3n) is 2.93. The van der Waals surface area contributed by atoms with E-state index in [4.69, 9.17) is 0 Å². The predicted molar refractivity (Wildman–Crippen MR) is 80.2 cm³/mol. The van der Waals surface area contributed by atoms with Gasteiger partial charge in [-0.05, 0) is 30.7 Å². The second kappa shape index (κ2) is 7.11. The second-order valence-corrected chi connectivity index (χ2v) is 4.75. The first-order valence-electron chi connectivity index (χ1n) is 7.00. The van der Waals surface area contributed by atoms with Crippen LogP contribution in [0.5, 0.6) is 0 Å². The molecule has 0 aliphatic carbocycles. The van der Waals surface area contributed by atoms with Crippen LogP contribution in [0.25, 0.3) is 0 Å². The lowest BCUT2D eigenvalue weighted by Gasteiger charge is -2.11. The normalized spacial score (nSPS) is 11.3. The van der Waals surface area contributed by atoms with Gasteiger partial charge < -0.3 is 10.6 Å². The topological polar surface area (TPSA) is 49.8 Å². The van der Waals surface area contributed by atoms with Crippen molar-refractivity contribution in [1.82, 2.24) is 9.97 Å². The van der Waals surface area contributed by atoms with Crippen molar-refractivity contribution in [3.8, 4) is 0 Å². The molecule has 0 fully saturated rings. The fourth-order valence-electron chi connectivity index (χ4n) is 1.81. The average molecular weight is 310 g/mol. The fraction of sp³-hybridized carbons (Fsp3) is 0.333. The Kier molecular flexibility index (Phi) is 5.19. The molecule has 0 atom stereocenters. The summed E-state index contributed by atoms with van der Waals surface area (Å²) in [5, 5.41) is 5.92. The van der Waals surface area contributed by atoms with Gasteiger partial charge in [-0.2, -0.15) is 18.2 Å². The molecule has 1 heterocycles. The maximum absolute atomic E-state index is 12.7. The van der Waals surface area contributed by atoms with Gasteiger partial charge in [-0.1, -0.05) is 19.4 Å². The highest BCUT2D eigenvalue weighted by molar-refractivity contribution is 5.58.